The minimum Gasteiger partial charge on any atom is -0.488 e. The third-order valence-electron chi connectivity index (χ3n) is 1.58. The van der Waals surface area contributed by atoms with E-state index in [1.165, 1.54) is 6.07 Å². The zero-order valence-electron chi connectivity index (χ0n) is 7.75. The van der Waals surface area contributed by atoms with E-state index in [0.717, 1.165) is 0 Å². The molecular weight excluding hydrogens is 171 g/mol. The summed E-state index contributed by atoms with van der Waals surface area (Å²) in [5, 5.41) is 8.78. The molecule has 0 radical (unpaired) electrons. The highest BCUT2D eigenvalue weighted by molar-refractivity contribution is 5.30. The van der Waals surface area contributed by atoms with Gasteiger partial charge in [0.05, 0.1) is 12.7 Å². The fraction of sp³-hybridized carbons (Fsp3) is 0.400. The van der Waals surface area contributed by atoms with Gasteiger partial charge in [-0.1, -0.05) is 12.1 Å². The van der Waals surface area contributed by atoms with E-state index >= 15 is 0 Å². The highest BCUT2D eigenvalue weighted by Crippen LogP contribution is 2.21. The molecule has 1 rings (SSSR count). The first-order chi connectivity index (χ1) is 6.15. The van der Waals surface area contributed by atoms with E-state index in [1.807, 2.05) is 13.8 Å². The van der Waals surface area contributed by atoms with Crippen LogP contribution in [0.2, 0.25) is 0 Å². The Morgan fingerprint density at radius 2 is 2.15 bits per heavy atom. The van der Waals surface area contributed by atoms with E-state index in [1.54, 1.807) is 12.1 Å². The third kappa shape index (κ3) is 2.42. The van der Waals surface area contributed by atoms with Gasteiger partial charge in [-0.3, -0.25) is 0 Å². The highest BCUT2D eigenvalue weighted by Gasteiger charge is 2.08. The molecule has 1 aromatic carbocycles. The summed E-state index contributed by atoms with van der Waals surface area (Å²) in [6.07, 6.45) is -0.0663. The molecule has 0 aliphatic carbocycles. The summed E-state index contributed by atoms with van der Waals surface area (Å²) in [4.78, 5) is 0. The van der Waals surface area contributed by atoms with Gasteiger partial charge in [-0.15, -0.1) is 0 Å². The number of aliphatic hydroxyl groups is 1. The van der Waals surface area contributed by atoms with Crippen molar-refractivity contribution in [1.82, 2.24) is 0 Å². The van der Waals surface area contributed by atoms with E-state index in [2.05, 4.69) is 0 Å². The molecule has 0 atom stereocenters. The van der Waals surface area contributed by atoms with Crippen LogP contribution in [0, 0.1) is 5.82 Å². The zero-order valence-corrected chi connectivity index (χ0v) is 7.75. The van der Waals surface area contributed by atoms with Crippen LogP contribution in [-0.2, 0) is 6.61 Å². The molecule has 0 spiro atoms. The first-order valence-corrected chi connectivity index (χ1v) is 4.20. The lowest BCUT2D eigenvalue weighted by molar-refractivity contribution is 0.225. The molecule has 0 unspecified atom stereocenters. The lowest BCUT2D eigenvalue weighted by atomic mass is 10.2. The Kier molecular flexibility index (Phi) is 3.25. The standard InChI is InChI=1S/C10H13FO2/c1-7(2)13-9-5-3-4-8(6-12)10(9)11/h3-5,7,12H,6H2,1-2H3. The smallest absolute Gasteiger partial charge is 0.170 e. The molecule has 13 heavy (non-hydrogen) atoms. The van der Waals surface area contributed by atoms with Gasteiger partial charge in [0.2, 0.25) is 0 Å². The first kappa shape index (κ1) is 9.99. The average Bonchev–Trinajstić information content (AvgIpc) is 2.08. The van der Waals surface area contributed by atoms with Crippen LogP contribution in [0.25, 0.3) is 0 Å². The van der Waals surface area contributed by atoms with Crippen LogP contribution < -0.4 is 4.74 Å². The Morgan fingerprint density at radius 3 is 2.69 bits per heavy atom. The van der Waals surface area contributed by atoms with Crippen molar-refractivity contribution < 1.29 is 14.2 Å². The quantitative estimate of drug-likeness (QED) is 0.779. The Morgan fingerprint density at radius 1 is 1.46 bits per heavy atom. The van der Waals surface area contributed by atoms with Crippen LogP contribution in [0.5, 0.6) is 5.75 Å². The Balaban J connectivity index is 2.94. The number of ether oxygens (including phenoxy) is 1. The van der Waals surface area contributed by atoms with Gasteiger partial charge in [0.15, 0.2) is 11.6 Å². The number of hydrogen-bond donors (Lipinski definition) is 1. The molecular formula is C10H13FO2. The number of halogens is 1. The molecule has 0 aromatic heterocycles. The highest BCUT2D eigenvalue weighted by atomic mass is 19.1. The molecule has 0 fully saturated rings. The second kappa shape index (κ2) is 4.23. The van der Waals surface area contributed by atoms with Crippen molar-refractivity contribution in [2.24, 2.45) is 0 Å². The van der Waals surface area contributed by atoms with E-state index in [4.69, 9.17) is 9.84 Å². The fourth-order valence-electron chi connectivity index (χ4n) is 1.02. The minimum atomic E-state index is -0.473. The van der Waals surface area contributed by atoms with Gasteiger partial charge in [0, 0.05) is 5.56 Å². The average molecular weight is 184 g/mol. The lowest BCUT2D eigenvalue weighted by Gasteiger charge is -2.11. The van der Waals surface area contributed by atoms with E-state index < -0.39 is 5.82 Å². The largest absolute Gasteiger partial charge is 0.488 e. The van der Waals surface area contributed by atoms with E-state index in [0.29, 0.717) is 0 Å². The number of rotatable bonds is 3. The van der Waals surface area contributed by atoms with Gasteiger partial charge >= 0.3 is 0 Å². The molecule has 0 amide bonds. The molecule has 0 saturated heterocycles. The summed E-state index contributed by atoms with van der Waals surface area (Å²) in [5.41, 5.74) is 0.262. The summed E-state index contributed by atoms with van der Waals surface area (Å²) in [5.74, 6) is -0.278. The van der Waals surface area contributed by atoms with Gasteiger partial charge in [-0.25, -0.2) is 4.39 Å². The summed E-state index contributed by atoms with van der Waals surface area (Å²) in [7, 11) is 0. The molecule has 2 nitrogen and oxygen atoms in total. The van der Waals surface area contributed by atoms with Crippen LogP contribution in [-0.4, -0.2) is 11.2 Å². The molecule has 0 aliphatic rings. The van der Waals surface area contributed by atoms with E-state index in [-0.39, 0.29) is 24.0 Å². The Bertz CT molecular complexity index is 284. The van der Waals surface area contributed by atoms with Crippen LogP contribution in [0.15, 0.2) is 18.2 Å². The van der Waals surface area contributed by atoms with Crippen molar-refractivity contribution in [2.45, 2.75) is 26.6 Å². The number of benzene rings is 1. The first-order valence-electron chi connectivity index (χ1n) is 4.20. The van der Waals surface area contributed by atoms with Crippen molar-refractivity contribution in [1.29, 1.82) is 0 Å². The predicted octanol–water partition coefficient (Wildman–Crippen LogP) is 2.11. The summed E-state index contributed by atoms with van der Waals surface area (Å²) >= 11 is 0. The van der Waals surface area contributed by atoms with Crippen LogP contribution in [0.1, 0.15) is 19.4 Å². The molecule has 0 aliphatic heterocycles. The van der Waals surface area contributed by atoms with Crippen molar-refractivity contribution in [3.63, 3.8) is 0 Å². The summed E-state index contributed by atoms with van der Waals surface area (Å²) in [6, 6.07) is 4.74. The Labute approximate surface area is 77.0 Å². The van der Waals surface area contributed by atoms with Gasteiger partial charge in [0.1, 0.15) is 0 Å². The monoisotopic (exact) mass is 184 g/mol. The van der Waals surface area contributed by atoms with Crippen LogP contribution in [0.4, 0.5) is 4.39 Å². The normalized spacial score (nSPS) is 10.5. The van der Waals surface area contributed by atoms with E-state index in [9.17, 15) is 4.39 Å². The lowest BCUT2D eigenvalue weighted by Crippen LogP contribution is -2.07. The van der Waals surface area contributed by atoms with Gasteiger partial charge in [0.25, 0.3) is 0 Å². The summed E-state index contributed by atoms with van der Waals surface area (Å²) in [6.45, 7) is 3.34. The van der Waals surface area contributed by atoms with Crippen LogP contribution >= 0.6 is 0 Å². The molecule has 1 N–H and O–H groups in total. The SMILES string of the molecule is CC(C)Oc1cccc(CO)c1F. The van der Waals surface area contributed by atoms with Crippen molar-refractivity contribution in [3.05, 3.63) is 29.6 Å². The maximum absolute atomic E-state index is 13.3. The van der Waals surface area contributed by atoms with Gasteiger partial charge in [-0.05, 0) is 19.9 Å². The molecule has 3 heteroatoms. The maximum Gasteiger partial charge on any atom is 0.170 e. The fourth-order valence-corrected chi connectivity index (χ4v) is 1.02. The third-order valence-corrected chi connectivity index (χ3v) is 1.58. The summed E-state index contributed by atoms with van der Waals surface area (Å²) < 4.78 is 18.5. The van der Waals surface area contributed by atoms with Crippen molar-refractivity contribution >= 4 is 0 Å². The van der Waals surface area contributed by atoms with Crippen molar-refractivity contribution in [2.75, 3.05) is 0 Å². The second-order valence-corrected chi connectivity index (χ2v) is 3.05. The Hall–Kier alpha value is -1.09. The second-order valence-electron chi connectivity index (χ2n) is 3.05. The molecule has 72 valence electrons. The molecule has 0 heterocycles. The minimum absolute atomic E-state index is 0.0663. The topological polar surface area (TPSA) is 29.5 Å². The maximum atomic E-state index is 13.3. The number of hydrogen-bond acceptors (Lipinski definition) is 2. The van der Waals surface area contributed by atoms with Gasteiger partial charge < -0.3 is 9.84 Å². The zero-order chi connectivity index (χ0) is 9.84. The predicted molar refractivity (Wildman–Crippen MR) is 48.1 cm³/mol. The van der Waals surface area contributed by atoms with Crippen LogP contribution in [0.3, 0.4) is 0 Å². The van der Waals surface area contributed by atoms with Crippen molar-refractivity contribution in [3.8, 4) is 5.75 Å². The van der Waals surface area contributed by atoms with Gasteiger partial charge in [-0.2, -0.15) is 0 Å². The molecule has 0 bridgehead atoms. The number of aliphatic hydroxyl groups excluding tert-OH is 1. The molecule has 0 saturated carbocycles. The molecule has 1 aromatic rings.